The first kappa shape index (κ1) is 19.1. The van der Waals surface area contributed by atoms with Crippen LogP contribution in [0.15, 0.2) is 48.5 Å². The monoisotopic (exact) mass is 386 g/mol. The Balaban J connectivity index is 1.71. The molecule has 0 bridgehead atoms. The number of para-hydroxylation sites is 1. The van der Waals surface area contributed by atoms with Crippen molar-refractivity contribution in [1.29, 1.82) is 0 Å². The van der Waals surface area contributed by atoms with Crippen molar-refractivity contribution in [2.24, 2.45) is 0 Å². The first-order valence-corrected chi connectivity index (χ1v) is 10.7. The Morgan fingerprint density at radius 3 is 2.41 bits per heavy atom. The molecule has 3 rings (SSSR count). The van der Waals surface area contributed by atoms with Gasteiger partial charge in [0, 0.05) is 22.9 Å². The topological polar surface area (TPSA) is 92.3 Å². The van der Waals surface area contributed by atoms with Gasteiger partial charge in [0.2, 0.25) is 0 Å². The second kappa shape index (κ2) is 7.92. The Morgan fingerprint density at radius 1 is 1.04 bits per heavy atom. The number of carbonyl (C=O) groups is 2. The smallest absolute Gasteiger partial charge is 0.255 e. The van der Waals surface area contributed by atoms with Gasteiger partial charge in [0.05, 0.1) is 11.5 Å². The van der Waals surface area contributed by atoms with Gasteiger partial charge in [-0.05, 0) is 42.7 Å². The molecule has 0 aromatic heterocycles. The van der Waals surface area contributed by atoms with Gasteiger partial charge in [0.1, 0.15) is 0 Å². The molecule has 0 spiro atoms. The van der Waals surface area contributed by atoms with Crippen LogP contribution in [0.5, 0.6) is 0 Å². The van der Waals surface area contributed by atoms with E-state index in [1.54, 1.807) is 18.2 Å². The summed E-state index contributed by atoms with van der Waals surface area (Å²) in [6.45, 7) is 2.01. The van der Waals surface area contributed by atoms with Crippen molar-refractivity contribution < 1.29 is 18.0 Å². The standard InChI is InChI=1S/C20H22N2O4S/c1-2-14-6-3-4-9-18(14)22-20(24)16-8-5-7-15(12-16)19(23)21-17-10-11-27(25,26)13-17/h3-9,12,17H,2,10-11,13H2,1H3,(H,21,23)(H,22,24). The maximum atomic E-state index is 12.6. The largest absolute Gasteiger partial charge is 0.348 e. The van der Waals surface area contributed by atoms with Gasteiger partial charge in [-0.15, -0.1) is 0 Å². The van der Waals surface area contributed by atoms with Crippen molar-refractivity contribution in [3.8, 4) is 0 Å². The number of anilines is 1. The summed E-state index contributed by atoms with van der Waals surface area (Å²) in [4.78, 5) is 25.0. The molecule has 1 aliphatic rings. The van der Waals surface area contributed by atoms with Crippen LogP contribution in [0.3, 0.4) is 0 Å². The van der Waals surface area contributed by atoms with E-state index in [2.05, 4.69) is 10.6 Å². The number of carbonyl (C=O) groups excluding carboxylic acids is 2. The number of sulfone groups is 1. The third kappa shape index (κ3) is 4.74. The highest BCUT2D eigenvalue weighted by atomic mass is 32.2. The normalized spacial score (nSPS) is 18.0. The van der Waals surface area contributed by atoms with Crippen molar-refractivity contribution in [2.75, 3.05) is 16.8 Å². The molecule has 27 heavy (non-hydrogen) atoms. The summed E-state index contributed by atoms with van der Waals surface area (Å²) in [6.07, 6.45) is 1.21. The second-order valence-electron chi connectivity index (χ2n) is 6.62. The van der Waals surface area contributed by atoms with Crippen LogP contribution in [0, 0.1) is 0 Å². The highest BCUT2D eigenvalue weighted by Crippen LogP contribution is 2.17. The fourth-order valence-corrected chi connectivity index (χ4v) is 4.80. The summed E-state index contributed by atoms with van der Waals surface area (Å²) in [6, 6.07) is 13.6. The van der Waals surface area contributed by atoms with Gasteiger partial charge in [-0.25, -0.2) is 8.42 Å². The number of benzene rings is 2. The highest BCUT2D eigenvalue weighted by molar-refractivity contribution is 7.91. The van der Waals surface area contributed by atoms with E-state index in [1.165, 1.54) is 6.07 Å². The van der Waals surface area contributed by atoms with Crippen molar-refractivity contribution in [2.45, 2.75) is 25.8 Å². The van der Waals surface area contributed by atoms with Gasteiger partial charge in [0.25, 0.3) is 11.8 Å². The molecule has 1 unspecified atom stereocenters. The highest BCUT2D eigenvalue weighted by Gasteiger charge is 2.29. The quantitative estimate of drug-likeness (QED) is 0.825. The number of hydrogen-bond donors (Lipinski definition) is 2. The molecule has 1 atom stereocenters. The Hall–Kier alpha value is -2.67. The summed E-state index contributed by atoms with van der Waals surface area (Å²) in [5.41, 5.74) is 2.47. The summed E-state index contributed by atoms with van der Waals surface area (Å²) >= 11 is 0. The van der Waals surface area contributed by atoms with Gasteiger partial charge in [-0.2, -0.15) is 0 Å². The number of hydrogen-bond acceptors (Lipinski definition) is 4. The zero-order valence-corrected chi connectivity index (χ0v) is 15.9. The van der Waals surface area contributed by atoms with E-state index in [-0.39, 0.29) is 29.4 Å². The zero-order valence-electron chi connectivity index (χ0n) is 15.1. The van der Waals surface area contributed by atoms with Crippen LogP contribution in [0.4, 0.5) is 5.69 Å². The van der Waals surface area contributed by atoms with E-state index in [4.69, 9.17) is 0 Å². The number of rotatable bonds is 5. The van der Waals surface area contributed by atoms with E-state index in [0.717, 1.165) is 17.7 Å². The first-order valence-electron chi connectivity index (χ1n) is 8.88. The lowest BCUT2D eigenvalue weighted by Gasteiger charge is -2.12. The summed E-state index contributed by atoms with van der Waals surface area (Å²) in [5.74, 6) is -0.612. The van der Waals surface area contributed by atoms with Crippen molar-refractivity contribution in [3.05, 3.63) is 65.2 Å². The van der Waals surface area contributed by atoms with Crippen LogP contribution in [0.1, 0.15) is 39.6 Å². The van der Waals surface area contributed by atoms with Crippen LogP contribution in [-0.4, -0.2) is 37.8 Å². The minimum atomic E-state index is -3.06. The molecule has 142 valence electrons. The minimum Gasteiger partial charge on any atom is -0.348 e. The minimum absolute atomic E-state index is 0.0350. The van der Waals surface area contributed by atoms with Gasteiger partial charge in [-0.1, -0.05) is 31.2 Å². The number of nitrogens with one attached hydrogen (secondary N) is 2. The molecule has 1 aliphatic heterocycles. The van der Waals surface area contributed by atoms with Crippen molar-refractivity contribution >= 4 is 27.3 Å². The summed E-state index contributed by atoms with van der Waals surface area (Å²) < 4.78 is 23.0. The molecule has 1 saturated heterocycles. The SMILES string of the molecule is CCc1ccccc1NC(=O)c1cccc(C(=O)NC2CCS(=O)(=O)C2)c1. The fourth-order valence-electron chi connectivity index (χ4n) is 3.12. The van der Waals surface area contributed by atoms with Gasteiger partial charge >= 0.3 is 0 Å². The maximum absolute atomic E-state index is 12.6. The second-order valence-corrected chi connectivity index (χ2v) is 8.85. The van der Waals surface area contributed by atoms with E-state index in [1.807, 2.05) is 31.2 Å². The molecule has 7 heteroatoms. The van der Waals surface area contributed by atoms with Crippen LogP contribution >= 0.6 is 0 Å². The molecule has 0 saturated carbocycles. The Morgan fingerprint density at radius 2 is 1.74 bits per heavy atom. The lowest BCUT2D eigenvalue weighted by molar-refractivity contribution is 0.0941. The van der Waals surface area contributed by atoms with Gasteiger partial charge in [-0.3, -0.25) is 9.59 Å². The van der Waals surface area contributed by atoms with Crippen LogP contribution in [0.2, 0.25) is 0 Å². The van der Waals surface area contributed by atoms with E-state index >= 15 is 0 Å². The number of amides is 2. The molecule has 0 radical (unpaired) electrons. The Bertz CT molecular complexity index is 969. The fraction of sp³-hybridized carbons (Fsp3) is 0.300. The van der Waals surface area contributed by atoms with Crippen molar-refractivity contribution in [1.82, 2.24) is 5.32 Å². The lowest BCUT2D eigenvalue weighted by atomic mass is 10.1. The maximum Gasteiger partial charge on any atom is 0.255 e. The predicted molar refractivity (Wildman–Crippen MR) is 105 cm³/mol. The Kier molecular flexibility index (Phi) is 5.60. The molecule has 6 nitrogen and oxygen atoms in total. The number of aryl methyl sites for hydroxylation is 1. The van der Waals surface area contributed by atoms with E-state index in [9.17, 15) is 18.0 Å². The van der Waals surface area contributed by atoms with E-state index < -0.39 is 9.84 Å². The molecule has 2 N–H and O–H groups in total. The summed E-state index contributed by atoms with van der Waals surface area (Å²) in [7, 11) is -3.06. The zero-order chi connectivity index (χ0) is 19.4. The summed E-state index contributed by atoms with van der Waals surface area (Å²) in [5, 5.41) is 5.61. The molecule has 1 heterocycles. The average Bonchev–Trinajstić information content (AvgIpc) is 3.00. The molecular weight excluding hydrogens is 364 g/mol. The first-order chi connectivity index (χ1) is 12.9. The predicted octanol–water partition coefficient (Wildman–Crippen LogP) is 2.42. The molecule has 1 fully saturated rings. The van der Waals surface area contributed by atoms with Crippen molar-refractivity contribution in [3.63, 3.8) is 0 Å². The molecule has 2 aromatic carbocycles. The van der Waals surface area contributed by atoms with E-state index in [0.29, 0.717) is 17.5 Å². The molecule has 2 amide bonds. The van der Waals surface area contributed by atoms with Gasteiger partial charge < -0.3 is 10.6 Å². The Labute approximate surface area is 158 Å². The molecule has 2 aromatic rings. The van der Waals surface area contributed by atoms with Crippen LogP contribution in [-0.2, 0) is 16.3 Å². The average molecular weight is 386 g/mol. The van der Waals surface area contributed by atoms with Crippen LogP contribution < -0.4 is 10.6 Å². The molecular formula is C20H22N2O4S. The lowest BCUT2D eigenvalue weighted by Crippen LogP contribution is -2.35. The van der Waals surface area contributed by atoms with Crippen LogP contribution in [0.25, 0.3) is 0 Å². The van der Waals surface area contributed by atoms with Gasteiger partial charge in [0.15, 0.2) is 9.84 Å². The third-order valence-electron chi connectivity index (χ3n) is 4.60. The third-order valence-corrected chi connectivity index (χ3v) is 6.37. The molecule has 0 aliphatic carbocycles.